The van der Waals surface area contributed by atoms with Crippen LogP contribution in [0.15, 0.2) is 48.5 Å². The molecule has 0 aliphatic carbocycles. The van der Waals surface area contributed by atoms with Crippen molar-refractivity contribution in [2.75, 3.05) is 31.1 Å². The second-order valence-electron chi connectivity index (χ2n) is 9.91. The number of hydrogen-bond acceptors (Lipinski definition) is 5. The first-order valence-corrected chi connectivity index (χ1v) is 13.2. The van der Waals surface area contributed by atoms with Crippen LogP contribution < -0.4 is 4.90 Å². The fourth-order valence-electron chi connectivity index (χ4n) is 5.06. The Labute approximate surface area is 221 Å². The van der Waals surface area contributed by atoms with E-state index >= 15 is 0 Å². The van der Waals surface area contributed by atoms with E-state index in [9.17, 15) is 13.6 Å². The first-order chi connectivity index (χ1) is 18.4. The third-order valence-electron chi connectivity index (χ3n) is 7.11. The Bertz CT molecular complexity index is 1430. The molecule has 0 radical (unpaired) electrons. The lowest BCUT2D eigenvalue weighted by Gasteiger charge is -2.24. The molecule has 3 heterocycles. The number of hydrogen-bond donors (Lipinski definition) is 0. The lowest BCUT2D eigenvalue weighted by molar-refractivity contribution is 0.0767. The number of halogens is 2. The highest BCUT2D eigenvalue weighted by atomic mass is 19.1. The molecule has 1 aliphatic rings. The molecule has 2 aromatic heterocycles. The van der Waals surface area contributed by atoms with Gasteiger partial charge in [0, 0.05) is 37.7 Å². The summed E-state index contributed by atoms with van der Waals surface area (Å²) in [4.78, 5) is 27.1. The summed E-state index contributed by atoms with van der Waals surface area (Å²) < 4.78 is 28.7. The van der Waals surface area contributed by atoms with Crippen molar-refractivity contribution in [2.45, 2.75) is 46.0 Å². The summed E-state index contributed by atoms with van der Waals surface area (Å²) in [5.41, 5.74) is 2.70. The van der Waals surface area contributed by atoms with Crippen LogP contribution in [0.25, 0.3) is 16.7 Å². The number of fused-ring (bicyclic) bond motifs is 1. The molecule has 4 aromatic rings. The zero-order chi connectivity index (χ0) is 26.8. The van der Waals surface area contributed by atoms with Gasteiger partial charge in [-0.2, -0.15) is 5.10 Å². The Morgan fingerprint density at radius 2 is 1.63 bits per heavy atom. The third-order valence-corrected chi connectivity index (χ3v) is 7.11. The predicted molar refractivity (Wildman–Crippen MR) is 144 cm³/mol. The largest absolute Gasteiger partial charge is 0.354 e. The standard InChI is InChI=1S/C29H32F2N6O/c1-4-6-19(2)26-32-27(25-20(3)34-37(28(25)33-26)24-13-11-23(31)12-14-24)35-15-5-16-36(18-17-35)29(38)21-7-9-22(30)10-8-21/h7-14,19H,4-6,15-18H2,1-3H3. The van der Waals surface area contributed by atoms with E-state index in [4.69, 9.17) is 15.1 Å². The van der Waals surface area contributed by atoms with Crippen molar-refractivity contribution >= 4 is 22.8 Å². The number of benzene rings is 2. The Hall–Kier alpha value is -3.88. The molecule has 1 aliphatic heterocycles. The predicted octanol–water partition coefficient (Wildman–Crippen LogP) is 5.66. The van der Waals surface area contributed by atoms with E-state index in [1.165, 1.54) is 36.4 Å². The van der Waals surface area contributed by atoms with Crippen LogP contribution in [0.3, 0.4) is 0 Å². The number of carbonyl (C=O) groups is 1. The van der Waals surface area contributed by atoms with E-state index < -0.39 is 0 Å². The zero-order valence-electron chi connectivity index (χ0n) is 22.0. The molecule has 1 amide bonds. The number of aromatic nitrogens is 4. The Kier molecular flexibility index (Phi) is 7.35. The molecule has 2 aromatic carbocycles. The second-order valence-corrected chi connectivity index (χ2v) is 9.91. The molecule has 0 saturated carbocycles. The summed E-state index contributed by atoms with van der Waals surface area (Å²) in [5.74, 6) is 0.955. The molecule has 0 spiro atoms. The second kappa shape index (κ2) is 10.8. The fourth-order valence-corrected chi connectivity index (χ4v) is 5.06. The van der Waals surface area contributed by atoms with Crippen LogP contribution in [0.2, 0.25) is 0 Å². The summed E-state index contributed by atoms with van der Waals surface area (Å²) >= 11 is 0. The molecule has 1 atom stereocenters. The maximum Gasteiger partial charge on any atom is 0.253 e. The van der Waals surface area contributed by atoms with Gasteiger partial charge < -0.3 is 9.80 Å². The molecule has 0 bridgehead atoms. The smallest absolute Gasteiger partial charge is 0.253 e. The molecule has 1 saturated heterocycles. The van der Waals surface area contributed by atoms with Crippen molar-refractivity contribution in [3.05, 3.63) is 77.2 Å². The maximum absolute atomic E-state index is 13.6. The summed E-state index contributed by atoms with van der Waals surface area (Å²) in [7, 11) is 0. The highest BCUT2D eigenvalue weighted by Gasteiger charge is 2.26. The van der Waals surface area contributed by atoms with Crippen LogP contribution in [-0.4, -0.2) is 56.7 Å². The lowest BCUT2D eigenvalue weighted by Crippen LogP contribution is -2.35. The Morgan fingerprint density at radius 1 is 0.947 bits per heavy atom. The number of anilines is 1. The topological polar surface area (TPSA) is 67.2 Å². The minimum atomic E-state index is -0.360. The summed E-state index contributed by atoms with van der Waals surface area (Å²) in [6.07, 6.45) is 2.73. The summed E-state index contributed by atoms with van der Waals surface area (Å²) in [6, 6.07) is 11.9. The summed E-state index contributed by atoms with van der Waals surface area (Å²) in [6.45, 7) is 8.66. The van der Waals surface area contributed by atoms with E-state index in [1.54, 1.807) is 16.8 Å². The number of amides is 1. The van der Waals surface area contributed by atoms with Crippen LogP contribution in [0.1, 0.15) is 60.9 Å². The van der Waals surface area contributed by atoms with Gasteiger partial charge in [-0.25, -0.2) is 23.4 Å². The van der Waals surface area contributed by atoms with Gasteiger partial charge in [-0.3, -0.25) is 4.79 Å². The number of rotatable bonds is 6. The van der Waals surface area contributed by atoms with Gasteiger partial charge in [0.2, 0.25) is 0 Å². The van der Waals surface area contributed by atoms with E-state index in [-0.39, 0.29) is 23.5 Å². The SMILES string of the molecule is CCCC(C)c1nc(N2CCCN(C(=O)c3ccc(F)cc3)CC2)c2c(C)nn(-c3ccc(F)cc3)c2n1. The van der Waals surface area contributed by atoms with Gasteiger partial charge in [-0.1, -0.05) is 20.3 Å². The van der Waals surface area contributed by atoms with Gasteiger partial charge >= 0.3 is 0 Å². The zero-order valence-corrected chi connectivity index (χ0v) is 22.0. The monoisotopic (exact) mass is 518 g/mol. The third kappa shape index (κ3) is 5.10. The van der Waals surface area contributed by atoms with Crippen molar-refractivity contribution < 1.29 is 13.6 Å². The Morgan fingerprint density at radius 3 is 2.32 bits per heavy atom. The number of carbonyl (C=O) groups excluding carboxylic acids is 1. The molecule has 9 heteroatoms. The molecule has 1 fully saturated rings. The van der Waals surface area contributed by atoms with Crippen molar-refractivity contribution in [3.8, 4) is 5.69 Å². The van der Waals surface area contributed by atoms with E-state index in [0.29, 0.717) is 30.8 Å². The van der Waals surface area contributed by atoms with Gasteiger partial charge in [-0.05, 0) is 68.3 Å². The van der Waals surface area contributed by atoms with Crippen molar-refractivity contribution in [1.29, 1.82) is 0 Å². The number of aryl methyl sites for hydroxylation is 1. The molecular weight excluding hydrogens is 486 g/mol. The molecule has 0 N–H and O–H groups in total. The average Bonchev–Trinajstić information content (AvgIpc) is 3.08. The average molecular weight is 519 g/mol. The molecule has 1 unspecified atom stereocenters. The van der Waals surface area contributed by atoms with Gasteiger partial charge in [0.25, 0.3) is 5.91 Å². The fraction of sp³-hybridized carbons (Fsp3) is 0.379. The molecule has 38 heavy (non-hydrogen) atoms. The highest BCUT2D eigenvalue weighted by molar-refractivity contribution is 5.94. The van der Waals surface area contributed by atoms with Gasteiger partial charge in [-0.15, -0.1) is 0 Å². The molecule has 198 valence electrons. The highest BCUT2D eigenvalue weighted by Crippen LogP contribution is 2.32. The Balaban J connectivity index is 1.52. The first kappa shape index (κ1) is 25.8. The maximum atomic E-state index is 13.6. The van der Waals surface area contributed by atoms with E-state index in [0.717, 1.165) is 54.2 Å². The van der Waals surface area contributed by atoms with Crippen molar-refractivity contribution in [1.82, 2.24) is 24.6 Å². The van der Waals surface area contributed by atoms with Crippen molar-refractivity contribution in [2.24, 2.45) is 0 Å². The normalized spacial score (nSPS) is 15.1. The van der Waals surface area contributed by atoms with Gasteiger partial charge in [0.1, 0.15) is 23.3 Å². The van der Waals surface area contributed by atoms with Crippen LogP contribution in [0.4, 0.5) is 14.6 Å². The molecular formula is C29H32F2N6O. The summed E-state index contributed by atoms with van der Waals surface area (Å²) in [5, 5.41) is 5.64. The van der Waals surface area contributed by atoms with Crippen LogP contribution in [0, 0.1) is 18.6 Å². The van der Waals surface area contributed by atoms with Gasteiger partial charge in [0.15, 0.2) is 5.65 Å². The van der Waals surface area contributed by atoms with Crippen molar-refractivity contribution in [3.63, 3.8) is 0 Å². The molecule has 5 rings (SSSR count). The lowest BCUT2D eigenvalue weighted by atomic mass is 10.1. The quantitative estimate of drug-likeness (QED) is 0.330. The number of nitrogens with zero attached hydrogens (tertiary/aromatic N) is 6. The van der Waals surface area contributed by atoms with Crippen LogP contribution in [-0.2, 0) is 0 Å². The van der Waals surface area contributed by atoms with Gasteiger partial charge in [0.05, 0.1) is 16.8 Å². The van der Waals surface area contributed by atoms with Crippen LogP contribution in [0.5, 0.6) is 0 Å². The van der Waals surface area contributed by atoms with E-state index in [2.05, 4.69) is 18.7 Å². The minimum absolute atomic E-state index is 0.0998. The van der Waals surface area contributed by atoms with E-state index in [1.807, 2.05) is 11.8 Å². The molecule has 7 nitrogen and oxygen atoms in total. The first-order valence-electron chi connectivity index (χ1n) is 13.2. The minimum Gasteiger partial charge on any atom is -0.354 e. The van der Waals surface area contributed by atoms with Crippen LogP contribution >= 0.6 is 0 Å².